The molecule has 0 saturated carbocycles. The van der Waals surface area contributed by atoms with Gasteiger partial charge in [-0.15, -0.1) is 0 Å². The Morgan fingerprint density at radius 3 is 2.16 bits per heavy atom. The monoisotopic (exact) mass is 451 g/mol. The van der Waals surface area contributed by atoms with Gasteiger partial charge in [0.1, 0.15) is 0 Å². The number of carbonyl (C=O) groups is 1. The highest BCUT2D eigenvalue weighted by Crippen LogP contribution is 2.23. The lowest BCUT2D eigenvalue weighted by Crippen LogP contribution is -2.55. The highest BCUT2D eigenvalue weighted by atomic mass is 32.2. The molecular formula is C25H29N3O3S. The number of hydrogen-bond donors (Lipinski definition) is 1. The number of amides is 1. The van der Waals surface area contributed by atoms with E-state index in [1.807, 2.05) is 79.4 Å². The van der Waals surface area contributed by atoms with E-state index in [4.69, 9.17) is 0 Å². The van der Waals surface area contributed by atoms with E-state index in [-0.39, 0.29) is 18.0 Å². The SMILES string of the molecule is CC(NC(=O)C(C)N1CCN(S(=O)(=O)c2ccc3ccccc3c2)CC1)c1ccccc1. The Balaban J connectivity index is 1.37. The molecule has 0 aliphatic carbocycles. The summed E-state index contributed by atoms with van der Waals surface area (Å²) in [6.45, 7) is 5.60. The molecule has 3 aromatic carbocycles. The molecule has 1 saturated heterocycles. The highest BCUT2D eigenvalue weighted by molar-refractivity contribution is 7.89. The molecule has 1 N–H and O–H groups in total. The Bertz CT molecular complexity index is 1190. The summed E-state index contributed by atoms with van der Waals surface area (Å²) in [5, 5.41) is 4.99. The number of fused-ring (bicyclic) bond motifs is 1. The zero-order valence-electron chi connectivity index (χ0n) is 18.4. The van der Waals surface area contributed by atoms with Crippen LogP contribution in [-0.4, -0.2) is 55.8 Å². The van der Waals surface area contributed by atoms with Crippen LogP contribution in [0.2, 0.25) is 0 Å². The molecule has 3 aromatic rings. The fraction of sp³-hybridized carbons (Fsp3) is 0.320. The van der Waals surface area contributed by atoms with Gasteiger partial charge in [0.25, 0.3) is 0 Å². The minimum atomic E-state index is -3.57. The number of carbonyl (C=O) groups excluding carboxylic acids is 1. The van der Waals surface area contributed by atoms with Gasteiger partial charge in [0.05, 0.1) is 17.0 Å². The van der Waals surface area contributed by atoms with Gasteiger partial charge in [0, 0.05) is 26.2 Å². The van der Waals surface area contributed by atoms with Crippen molar-refractivity contribution in [2.75, 3.05) is 26.2 Å². The van der Waals surface area contributed by atoms with Crippen molar-refractivity contribution in [1.29, 1.82) is 0 Å². The topological polar surface area (TPSA) is 69.7 Å². The van der Waals surface area contributed by atoms with Gasteiger partial charge >= 0.3 is 0 Å². The van der Waals surface area contributed by atoms with E-state index >= 15 is 0 Å². The number of rotatable bonds is 6. The molecule has 2 atom stereocenters. The number of benzene rings is 3. The summed E-state index contributed by atoms with van der Waals surface area (Å²) in [6, 6.07) is 22.4. The number of piperazine rings is 1. The summed E-state index contributed by atoms with van der Waals surface area (Å²) >= 11 is 0. The maximum atomic E-state index is 13.2. The van der Waals surface area contributed by atoms with Crippen molar-refractivity contribution >= 4 is 26.7 Å². The maximum absolute atomic E-state index is 13.2. The smallest absolute Gasteiger partial charge is 0.243 e. The van der Waals surface area contributed by atoms with Crippen molar-refractivity contribution in [3.8, 4) is 0 Å². The minimum absolute atomic E-state index is 0.0489. The summed E-state index contributed by atoms with van der Waals surface area (Å²) in [4.78, 5) is 15.1. The molecule has 32 heavy (non-hydrogen) atoms. The molecule has 1 amide bonds. The van der Waals surface area contributed by atoms with Gasteiger partial charge < -0.3 is 5.32 Å². The molecule has 0 radical (unpaired) electrons. The number of nitrogens with zero attached hydrogens (tertiary/aromatic N) is 2. The first-order valence-electron chi connectivity index (χ1n) is 10.9. The summed E-state index contributed by atoms with van der Waals surface area (Å²) < 4.78 is 27.9. The summed E-state index contributed by atoms with van der Waals surface area (Å²) in [6.07, 6.45) is 0. The van der Waals surface area contributed by atoms with Crippen molar-refractivity contribution in [2.45, 2.75) is 30.8 Å². The third-order valence-corrected chi connectivity index (χ3v) is 8.11. The van der Waals surface area contributed by atoms with Crippen LogP contribution < -0.4 is 5.32 Å². The number of sulfonamides is 1. The van der Waals surface area contributed by atoms with Gasteiger partial charge in [0.15, 0.2) is 0 Å². The van der Waals surface area contributed by atoms with Gasteiger partial charge in [-0.25, -0.2) is 8.42 Å². The van der Waals surface area contributed by atoms with Crippen molar-refractivity contribution in [3.63, 3.8) is 0 Å². The largest absolute Gasteiger partial charge is 0.348 e. The molecule has 168 valence electrons. The third-order valence-electron chi connectivity index (χ3n) is 6.22. The van der Waals surface area contributed by atoms with Crippen LogP contribution in [-0.2, 0) is 14.8 Å². The lowest BCUT2D eigenvalue weighted by atomic mass is 10.1. The van der Waals surface area contributed by atoms with Crippen LogP contribution in [0.1, 0.15) is 25.5 Å². The van der Waals surface area contributed by atoms with Crippen molar-refractivity contribution in [1.82, 2.24) is 14.5 Å². The Labute approximate surface area is 189 Å². The average Bonchev–Trinajstić information content (AvgIpc) is 2.83. The Hall–Kier alpha value is -2.74. The van der Waals surface area contributed by atoms with E-state index in [0.717, 1.165) is 16.3 Å². The molecule has 1 aliphatic heterocycles. The number of hydrogen-bond acceptors (Lipinski definition) is 4. The van der Waals surface area contributed by atoms with E-state index in [1.165, 1.54) is 4.31 Å². The quantitative estimate of drug-likeness (QED) is 0.624. The van der Waals surface area contributed by atoms with Gasteiger partial charge in [-0.05, 0) is 42.3 Å². The lowest BCUT2D eigenvalue weighted by molar-refractivity contribution is -0.127. The number of nitrogens with one attached hydrogen (secondary N) is 1. The van der Waals surface area contributed by atoms with Crippen LogP contribution in [0.3, 0.4) is 0 Å². The molecule has 4 rings (SSSR count). The molecule has 0 aromatic heterocycles. The zero-order chi connectivity index (χ0) is 22.7. The van der Waals surface area contributed by atoms with E-state index in [9.17, 15) is 13.2 Å². The predicted molar refractivity (Wildman–Crippen MR) is 127 cm³/mol. The Kier molecular flexibility index (Phi) is 6.60. The standard InChI is InChI=1S/C25H29N3O3S/c1-19(21-8-4-3-5-9-21)26-25(29)20(2)27-14-16-28(17-15-27)32(30,31)24-13-12-22-10-6-7-11-23(22)18-24/h3-13,18-20H,14-17H2,1-2H3,(H,26,29). The van der Waals surface area contributed by atoms with E-state index < -0.39 is 10.0 Å². The zero-order valence-corrected chi connectivity index (χ0v) is 19.3. The van der Waals surface area contributed by atoms with Gasteiger partial charge in [0.2, 0.25) is 15.9 Å². The summed E-state index contributed by atoms with van der Waals surface area (Å²) in [5.74, 6) is -0.0489. The fourth-order valence-electron chi connectivity index (χ4n) is 4.13. The van der Waals surface area contributed by atoms with Gasteiger partial charge in [-0.1, -0.05) is 60.7 Å². The molecule has 1 fully saturated rings. The minimum Gasteiger partial charge on any atom is -0.348 e. The predicted octanol–water partition coefficient (Wildman–Crippen LogP) is 3.41. The maximum Gasteiger partial charge on any atom is 0.243 e. The highest BCUT2D eigenvalue weighted by Gasteiger charge is 2.32. The van der Waals surface area contributed by atoms with Crippen molar-refractivity contribution in [3.05, 3.63) is 78.4 Å². The van der Waals surface area contributed by atoms with Gasteiger partial charge in [-0.2, -0.15) is 4.31 Å². The summed E-state index contributed by atoms with van der Waals surface area (Å²) in [5.41, 5.74) is 1.05. The molecule has 1 heterocycles. The molecule has 2 unspecified atom stereocenters. The first-order chi connectivity index (χ1) is 15.4. The molecule has 0 bridgehead atoms. The molecule has 6 nitrogen and oxygen atoms in total. The first kappa shape index (κ1) is 22.5. The fourth-order valence-corrected chi connectivity index (χ4v) is 5.59. The Morgan fingerprint density at radius 2 is 1.47 bits per heavy atom. The average molecular weight is 452 g/mol. The van der Waals surface area contributed by atoms with Crippen LogP contribution in [0, 0.1) is 0 Å². The second-order valence-electron chi connectivity index (χ2n) is 8.27. The first-order valence-corrected chi connectivity index (χ1v) is 12.4. The third kappa shape index (κ3) is 4.70. The van der Waals surface area contributed by atoms with Crippen LogP contribution in [0.5, 0.6) is 0 Å². The summed E-state index contributed by atoms with van der Waals surface area (Å²) in [7, 11) is -3.57. The second kappa shape index (κ2) is 9.40. The molecule has 1 aliphatic rings. The molecular weight excluding hydrogens is 422 g/mol. The van der Waals surface area contributed by atoms with Crippen molar-refractivity contribution in [2.24, 2.45) is 0 Å². The van der Waals surface area contributed by atoms with E-state index in [2.05, 4.69) is 5.32 Å². The van der Waals surface area contributed by atoms with E-state index in [0.29, 0.717) is 31.1 Å². The normalized spacial score (nSPS) is 17.7. The van der Waals surface area contributed by atoms with Gasteiger partial charge in [-0.3, -0.25) is 9.69 Å². The van der Waals surface area contributed by atoms with Crippen LogP contribution in [0.25, 0.3) is 10.8 Å². The van der Waals surface area contributed by atoms with Crippen LogP contribution >= 0.6 is 0 Å². The van der Waals surface area contributed by atoms with E-state index in [1.54, 1.807) is 12.1 Å². The molecule has 0 spiro atoms. The second-order valence-corrected chi connectivity index (χ2v) is 10.2. The molecule has 7 heteroatoms. The van der Waals surface area contributed by atoms with Crippen LogP contribution in [0.4, 0.5) is 0 Å². The lowest BCUT2D eigenvalue weighted by Gasteiger charge is -2.37. The Morgan fingerprint density at radius 1 is 0.844 bits per heavy atom. The van der Waals surface area contributed by atoms with Crippen molar-refractivity contribution < 1.29 is 13.2 Å². The van der Waals surface area contributed by atoms with Crippen LogP contribution in [0.15, 0.2) is 77.7 Å².